The predicted molar refractivity (Wildman–Crippen MR) is 256 cm³/mol. The second-order valence-corrected chi connectivity index (χ2v) is 16.8. The average molecular weight is 941 g/mol. The third-order valence-corrected chi connectivity index (χ3v) is 12.1. The Labute approximate surface area is 400 Å². The van der Waals surface area contributed by atoms with Crippen LogP contribution < -0.4 is 24.4 Å². The second-order valence-electron chi connectivity index (χ2n) is 16.8. The van der Waals surface area contributed by atoms with Crippen molar-refractivity contribution in [1.82, 2.24) is 0 Å². The smallest absolute Gasteiger partial charge is 0.330 e. The van der Waals surface area contributed by atoms with Gasteiger partial charge < -0.3 is 48.2 Å². The number of carbonyl (C=O) groups is 1. The fraction of sp³-hybridized carbons (Fsp3) is 0.158. The molecular weight excluding hydrogens is 896 g/mol. The summed E-state index contributed by atoms with van der Waals surface area (Å²) in [5.74, 6) is -1.66. The van der Waals surface area contributed by atoms with Crippen LogP contribution in [-0.2, 0) is 33.3 Å². The molecule has 13 heteroatoms. The number of hydrogen-bond acceptors (Lipinski definition) is 12. The van der Waals surface area contributed by atoms with Crippen molar-refractivity contribution in [3.8, 4) is 34.3 Å². The summed E-state index contributed by atoms with van der Waals surface area (Å²) in [6.07, 6.45) is -6.16. The van der Waals surface area contributed by atoms with Crippen LogP contribution in [0.25, 0.3) is 28.4 Å². The summed E-state index contributed by atoms with van der Waals surface area (Å²) >= 11 is 0. The van der Waals surface area contributed by atoms with E-state index in [2.05, 4.69) is 0 Å². The first-order valence-electron chi connectivity index (χ1n) is 22.6. The van der Waals surface area contributed by atoms with Gasteiger partial charge in [0.05, 0.1) is 5.56 Å². The number of hydrogen-bond donors (Lipinski definition) is 3. The van der Waals surface area contributed by atoms with Crippen molar-refractivity contribution in [2.75, 3.05) is 6.61 Å². The molecule has 10 rings (SSSR count). The van der Waals surface area contributed by atoms with Crippen molar-refractivity contribution < 1.29 is 57.3 Å². The first-order valence-corrected chi connectivity index (χ1v) is 22.6. The van der Waals surface area contributed by atoms with E-state index in [-0.39, 0.29) is 41.3 Å². The van der Waals surface area contributed by atoms with Gasteiger partial charge >= 0.3 is 11.8 Å². The lowest BCUT2D eigenvalue weighted by Crippen LogP contribution is -2.56. The molecule has 1 unspecified atom stereocenters. The minimum absolute atomic E-state index is 0.0278. The van der Waals surface area contributed by atoms with Crippen LogP contribution in [0.15, 0.2) is 191 Å². The summed E-state index contributed by atoms with van der Waals surface area (Å²) in [7, 11) is 0. The van der Waals surface area contributed by atoms with Gasteiger partial charge in [-0.3, -0.25) is 4.79 Å². The minimum Gasteiger partial charge on any atom is -0.489 e. The first-order chi connectivity index (χ1) is 34.1. The lowest BCUT2D eigenvalue weighted by Gasteiger charge is -2.40. The standard InChI is InChI=1S/C57H45FO12/c58-41-25-21-35(22-26-41)23-28-48(59)66-34-47-51(60)53(62)54(63)56(68-47)50-52(61)49-45(65-33-37-15-7-2-8-16-37)30-42(64-32-36-13-5-1-6-14-36)31-46(49)67-55(50)38-24-27-43-44(29-38)70-57(69-43,39-17-9-3-10-18-39)40-19-11-4-12-20-40/h1-31,47,51,53-54,56,60,62-63H,32-34H2/t47-,51+,53+,54-,56?/m1/s1. The van der Waals surface area contributed by atoms with Crippen molar-refractivity contribution in [1.29, 1.82) is 0 Å². The number of ether oxygens (including phenoxy) is 6. The van der Waals surface area contributed by atoms with Gasteiger partial charge in [0, 0.05) is 34.9 Å². The van der Waals surface area contributed by atoms with Gasteiger partial charge in [-0.05, 0) is 53.1 Å². The number of aliphatic hydroxyl groups is 3. The first kappa shape index (κ1) is 45.7. The van der Waals surface area contributed by atoms with Gasteiger partial charge in [-0.25, -0.2) is 9.18 Å². The fourth-order valence-corrected chi connectivity index (χ4v) is 8.56. The molecule has 3 N–H and O–H groups in total. The number of halogens is 1. The molecule has 0 aliphatic carbocycles. The van der Waals surface area contributed by atoms with E-state index >= 15 is 4.79 Å². The van der Waals surface area contributed by atoms with E-state index in [1.807, 2.05) is 121 Å². The van der Waals surface area contributed by atoms with Crippen LogP contribution in [0.2, 0.25) is 0 Å². The van der Waals surface area contributed by atoms with E-state index in [9.17, 15) is 24.5 Å². The highest BCUT2D eigenvalue weighted by Crippen LogP contribution is 2.50. The maximum Gasteiger partial charge on any atom is 0.330 e. The minimum atomic E-state index is -1.90. The zero-order valence-corrected chi connectivity index (χ0v) is 37.3. The summed E-state index contributed by atoms with van der Waals surface area (Å²) in [6, 6.07) is 51.3. The average Bonchev–Trinajstić information content (AvgIpc) is 3.80. The van der Waals surface area contributed by atoms with Crippen LogP contribution >= 0.6 is 0 Å². The molecule has 0 amide bonds. The van der Waals surface area contributed by atoms with Gasteiger partial charge in [-0.2, -0.15) is 0 Å². The van der Waals surface area contributed by atoms with Crippen molar-refractivity contribution in [2.45, 2.75) is 49.5 Å². The van der Waals surface area contributed by atoms with E-state index in [4.69, 9.17) is 32.8 Å². The summed E-state index contributed by atoms with van der Waals surface area (Å²) < 4.78 is 58.2. The molecule has 3 heterocycles. The summed E-state index contributed by atoms with van der Waals surface area (Å²) in [5, 5.41) is 34.5. The van der Waals surface area contributed by atoms with E-state index in [0.29, 0.717) is 39.5 Å². The van der Waals surface area contributed by atoms with E-state index in [1.165, 1.54) is 30.3 Å². The Hall–Kier alpha value is -8.07. The summed E-state index contributed by atoms with van der Waals surface area (Å²) in [5.41, 5.74) is 3.07. The van der Waals surface area contributed by atoms with E-state index < -0.39 is 60.1 Å². The highest BCUT2D eigenvalue weighted by atomic mass is 19.1. The Bertz CT molecular complexity index is 3160. The maximum absolute atomic E-state index is 15.5. The highest BCUT2D eigenvalue weighted by molar-refractivity contribution is 5.88. The summed E-state index contributed by atoms with van der Waals surface area (Å²) in [4.78, 5) is 28.4. The Balaban J connectivity index is 1.08. The Morgan fingerprint density at radius 2 is 1.26 bits per heavy atom. The normalized spacial score (nSPS) is 19.2. The molecule has 1 fully saturated rings. The molecule has 2 aliphatic heterocycles. The lowest BCUT2D eigenvalue weighted by atomic mass is 9.89. The van der Waals surface area contributed by atoms with Crippen LogP contribution in [0.4, 0.5) is 4.39 Å². The van der Waals surface area contributed by atoms with Crippen molar-refractivity contribution in [2.24, 2.45) is 0 Å². The Morgan fingerprint density at radius 1 is 0.657 bits per heavy atom. The topological polar surface area (TPSA) is 163 Å². The van der Waals surface area contributed by atoms with Gasteiger partial charge in [0.15, 0.2) is 11.5 Å². The number of fused-ring (bicyclic) bond motifs is 2. The van der Waals surface area contributed by atoms with Crippen LogP contribution in [0, 0.1) is 5.82 Å². The number of rotatable bonds is 14. The Kier molecular flexibility index (Phi) is 13.0. The number of esters is 1. The maximum atomic E-state index is 15.5. The quantitative estimate of drug-likeness (QED) is 0.0701. The van der Waals surface area contributed by atoms with Gasteiger partial charge in [0.1, 0.15) is 84.4 Å². The molecule has 1 aromatic heterocycles. The molecule has 7 aromatic carbocycles. The zero-order valence-electron chi connectivity index (χ0n) is 37.3. The van der Waals surface area contributed by atoms with Crippen molar-refractivity contribution in [3.05, 3.63) is 231 Å². The molecule has 12 nitrogen and oxygen atoms in total. The molecule has 0 radical (unpaired) electrons. The Morgan fingerprint density at radius 3 is 1.90 bits per heavy atom. The lowest BCUT2D eigenvalue weighted by molar-refractivity contribution is -0.234. The number of carbonyl (C=O) groups excluding carboxylic acids is 1. The van der Waals surface area contributed by atoms with E-state index in [1.54, 1.807) is 30.3 Å². The zero-order chi connectivity index (χ0) is 48.2. The molecule has 1 saturated heterocycles. The number of benzene rings is 7. The van der Waals surface area contributed by atoms with E-state index in [0.717, 1.165) is 17.2 Å². The van der Waals surface area contributed by atoms with Gasteiger partial charge in [-0.1, -0.05) is 133 Å². The van der Waals surface area contributed by atoms with Gasteiger partial charge in [0.2, 0.25) is 5.43 Å². The number of aliphatic hydroxyl groups excluding tert-OH is 3. The molecule has 0 bridgehead atoms. The molecule has 2 aliphatic rings. The SMILES string of the molecule is O=C(C=Cc1ccc(F)cc1)OC[C@H]1OC(c2c(-c3ccc4c(c3)OC(c3ccccc3)(c3ccccc3)O4)oc3cc(OCc4ccccc4)cc(OCc4ccccc4)c3c2=O)[C@H](O)[C@@H](O)[C@H]1O. The van der Waals surface area contributed by atoms with Crippen LogP contribution in [0.1, 0.15) is 39.5 Å². The molecule has 5 atom stereocenters. The third kappa shape index (κ3) is 9.38. The second kappa shape index (κ2) is 19.9. The van der Waals surface area contributed by atoms with Crippen LogP contribution in [0.3, 0.4) is 0 Å². The molecular formula is C57H45FO12. The molecule has 0 saturated carbocycles. The van der Waals surface area contributed by atoms with Crippen molar-refractivity contribution >= 4 is 23.0 Å². The van der Waals surface area contributed by atoms with Gasteiger partial charge in [-0.15, -0.1) is 0 Å². The monoisotopic (exact) mass is 940 g/mol. The highest BCUT2D eigenvalue weighted by Gasteiger charge is 2.48. The van der Waals surface area contributed by atoms with Gasteiger partial charge in [0.25, 0.3) is 0 Å². The fourth-order valence-electron chi connectivity index (χ4n) is 8.56. The molecule has 0 spiro atoms. The summed E-state index contributed by atoms with van der Waals surface area (Å²) in [6.45, 7) is -0.360. The van der Waals surface area contributed by atoms with Crippen molar-refractivity contribution in [3.63, 3.8) is 0 Å². The molecule has 70 heavy (non-hydrogen) atoms. The molecule has 352 valence electrons. The van der Waals surface area contributed by atoms with Crippen LogP contribution in [-0.4, -0.2) is 52.3 Å². The molecule has 8 aromatic rings. The largest absolute Gasteiger partial charge is 0.489 e. The predicted octanol–water partition coefficient (Wildman–Crippen LogP) is 9.21. The third-order valence-electron chi connectivity index (χ3n) is 12.1. The van der Waals surface area contributed by atoms with Crippen LogP contribution in [0.5, 0.6) is 23.0 Å².